The highest BCUT2D eigenvalue weighted by Crippen LogP contribution is 2.19. The summed E-state index contributed by atoms with van der Waals surface area (Å²) in [6.07, 6.45) is 0. The smallest absolute Gasteiger partial charge is 0.247 e. The maximum Gasteiger partial charge on any atom is 0.247 e. The van der Waals surface area contributed by atoms with Crippen LogP contribution in [0.4, 0.5) is 0 Å². The molecule has 1 saturated heterocycles. The highest BCUT2D eigenvalue weighted by molar-refractivity contribution is 5.94. The van der Waals surface area contributed by atoms with E-state index in [2.05, 4.69) is 10.6 Å². The zero-order valence-corrected chi connectivity index (χ0v) is 11.6. The van der Waals surface area contributed by atoms with Crippen LogP contribution in [-0.4, -0.2) is 26.1 Å². The minimum Gasteiger partial charge on any atom is -0.497 e. The van der Waals surface area contributed by atoms with Crippen molar-refractivity contribution in [3.05, 3.63) is 41.0 Å². The third-order valence-corrected chi connectivity index (χ3v) is 3.49. The summed E-state index contributed by atoms with van der Waals surface area (Å²) in [4.78, 5) is 12.1. The van der Waals surface area contributed by atoms with E-state index in [1.807, 2.05) is 38.1 Å². The number of carbonyl (C=O) groups is 1. The molecule has 4 heteroatoms. The molecule has 2 rings (SSSR count). The van der Waals surface area contributed by atoms with Crippen LogP contribution in [0.2, 0.25) is 0 Å². The molecule has 0 aromatic heterocycles. The van der Waals surface area contributed by atoms with Gasteiger partial charge in [0.1, 0.15) is 5.75 Å². The summed E-state index contributed by atoms with van der Waals surface area (Å²) in [5.74, 6) is 0.809. The van der Waals surface area contributed by atoms with E-state index in [0.717, 1.165) is 30.0 Å². The number of benzene rings is 1. The standard InChI is InChI=1S/C15H20N2O2/c1-10(13-8-16-9-13)15(18)17-11(2)12-5-4-6-14(7-12)19-3/h4-7,11,16H,8-9H2,1-3H3,(H,17,18)/t11-/m1/s1. The molecule has 4 nitrogen and oxygen atoms in total. The zero-order valence-electron chi connectivity index (χ0n) is 11.6. The van der Waals surface area contributed by atoms with E-state index >= 15 is 0 Å². The van der Waals surface area contributed by atoms with Crippen LogP contribution in [0.3, 0.4) is 0 Å². The number of nitrogens with one attached hydrogen (secondary N) is 2. The van der Waals surface area contributed by atoms with Gasteiger partial charge in [0.2, 0.25) is 5.91 Å². The number of rotatable bonds is 4. The van der Waals surface area contributed by atoms with Gasteiger partial charge in [0.05, 0.1) is 13.2 Å². The van der Waals surface area contributed by atoms with Gasteiger partial charge in [-0.3, -0.25) is 4.79 Å². The highest BCUT2D eigenvalue weighted by Gasteiger charge is 2.17. The molecule has 1 aromatic rings. The van der Waals surface area contributed by atoms with E-state index in [4.69, 9.17) is 4.74 Å². The second-order valence-electron chi connectivity index (χ2n) is 4.80. The Hall–Kier alpha value is -1.81. The molecule has 0 bridgehead atoms. The van der Waals surface area contributed by atoms with Gasteiger partial charge in [-0.2, -0.15) is 0 Å². The fraction of sp³-hybridized carbons (Fsp3) is 0.400. The first-order chi connectivity index (χ1) is 9.11. The minimum atomic E-state index is -0.0359. The Morgan fingerprint density at radius 1 is 1.42 bits per heavy atom. The van der Waals surface area contributed by atoms with Gasteiger partial charge in [-0.1, -0.05) is 12.1 Å². The molecule has 2 N–H and O–H groups in total. The average molecular weight is 260 g/mol. The summed E-state index contributed by atoms with van der Waals surface area (Å²) in [5, 5.41) is 6.16. The van der Waals surface area contributed by atoms with E-state index in [0.29, 0.717) is 0 Å². The van der Waals surface area contributed by atoms with Crippen LogP contribution in [0.1, 0.15) is 25.5 Å². The first-order valence-electron chi connectivity index (χ1n) is 6.46. The molecular formula is C15H20N2O2. The molecule has 19 heavy (non-hydrogen) atoms. The maximum absolute atomic E-state index is 12.1. The van der Waals surface area contributed by atoms with Gasteiger partial charge < -0.3 is 15.4 Å². The Morgan fingerprint density at radius 3 is 2.74 bits per heavy atom. The van der Waals surface area contributed by atoms with Gasteiger partial charge in [-0.05, 0) is 37.1 Å². The Morgan fingerprint density at radius 2 is 2.16 bits per heavy atom. The SMILES string of the molecule is COc1cccc([C@@H](C)NC(=O)C(C)=C2CNC2)c1. The van der Waals surface area contributed by atoms with Crippen molar-refractivity contribution >= 4 is 5.91 Å². The molecule has 0 aliphatic carbocycles. The molecule has 1 heterocycles. The largest absolute Gasteiger partial charge is 0.497 e. The van der Waals surface area contributed by atoms with Gasteiger partial charge >= 0.3 is 0 Å². The summed E-state index contributed by atoms with van der Waals surface area (Å²) in [6.45, 7) is 5.51. The molecule has 0 unspecified atom stereocenters. The van der Waals surface area contributed by atoms with E-state index < -0.39 is 0 Å². The van der Waals surface area contributed by atoms with Crippen molar-refractivity contribution in [1.29, 1.82) is 0 Å². The number of amides is 1. The number of ether oxygens (including phenoxy) is 1. The lowest BCUT2D eigenvalue weighted by Crippen LogP contribution is -2.38. The highest BCUT2D eigenvalue weighted by atomic mass is 16.5. The second kappa shape index (κ2) is 5.89. The fourth-order valence-electron chi connectivity index (χ4n) is 1.97. The van der Waals surface area contributed by atoms with E-state index in [1.54, 1.807) is 7.11 Å². The molecule has 1 atom stereocenters. The molecule has 1 fully saturated rings. The first kappa shape index (κ1) is 13.6. The molecule has 0 saturated carbocycles. The van der Waals surface area contributed by atoms with Crippen LogP contribution in [0.25, 0.3) is 0 Å². The topological polar surface area (TPSA) is 50.4 Å². The van der Waals surface area contributed by atoms with Crippen molar-refractivity contribution in [2.24, 2.45) is 0 Å². The molecule has 102 valence electrons. The first-order valence-corrected chi connectivity index (χ1v) is 6.46. The van der Waals surface area contributed by atoms with Crippen molar-refractivity contribution in [3.8, 4) is 5.75 Å². The van der Waals surface area contributed by atoms with Crippen LogP contribution in [0.5, 0.6) is 5.75 Å². The number of methoxy groups -OCH3 is 1. The average Bonchev–Trinajstić information content (AvgIpc) is 2.36. The third kappa shape index (κ3) is 3.15. The quantitative estimate of drug-likeness (QED) is 0.812. The van der Waals surface area contributed by atoms with E-state index in [-0.39, 0.29) is 11.9 Å². The van der Waals surface area contributed by atoms with Crippen LogP contribution < -0.4 is 15.4 Å². The van der Waals surface area contributed by atoms with Gasteiger partial charge in [-0.15, -0.1) is 0 Å². The Kier molecular flexibility index (Phi) is 4.22. The predicted molar refractivity (Wildman–Crippen MR) is 75.1 cm³/mol. The van der Waals surface area contributed by atoms with E-state index in [1.165, 1.54) is 5.57 Å². The maximum atomic E-state index is 12.1. The summed E-state index contributed by atoms with van der Waals surface area (Å²) >= 11 is 0. The van der Waals surface area contributed by atoms with Gasteiger partial charge in [0.15, 0.2) is 0 Å². The van der Waals surface area contributed by atoms with Crippen molar-refractivity contribution in [1.82, 2.24) is 10.6 Å². The number of hydrogen-bond donors (Lipinski definition) is 2. The van der Waals surface area contributed by atoms with Crippen LogP contribution in [-0.2, 0) is 4.79 Å². The number of carbonyl (C=O) groups excluding carboxylic acids is 1. The van der Waals surface area contributed by atoms with Gasteiger partial charge in [0, 0.05) is 18.7 Å². The lowest BCUT2D eigenvalue weighted by molar-refractivity contribution is -0.118. The molecular weight excluding hydrogens is 240 g/mol. The van der Waals surface area contributed by atoms with Gasteiger partial charge in [-0.25, -0.2) is 0 Å². The third-order valence-electron chi connectivity index (χ3n) is 3.49. The van der Waals surface area contributed by atoms with Crippen LogP contribution >= 0.6 is 0 Å². The predicted octanol–water partition coefficient (Wildman–Crippen LogP) is 1.79. The lowest BCUT2D eigenvalue weighted by atomic mass is 10.0. The fourth-order valence-corrected chi connectivity index (χ4v) is 1.97. The minimum absolute atomic E-state index is 0.00631. The number of hydrogen-bond acceptors (Lipinski definition) is 3. The van der Waals surface area contributed by atoms with Crippen LogP contribution in [0, 0.1) is 0 Å². The summed E-state index contributed by atoms with van der Waals surface area (Å²) in [5.41, 5.74) is 3.06. The van der Waals surface area contributed by atoms with Crippen molar-refractivity contribution in [3.63, 3.8) is 0 Å². The summed E-state index contributed by atoms with van der Waals surface area (Å²) in [7, 11) is 1.64. The Balaban J connectivity index is 2.04. The lowest BCUT2D eigenvalue weighted by Gasteiger charge is -2.23. The molecule has 1 aliphatic heterocycles. The summed E-state index contributed by atoms with van der Waals surface area (Å²) < 4.78 is 5.19. The molecule has 1 aromatic carbocycles. The molecule has 1 aliphatic rings. The summed E-state index contributed by atoms with van der Waals surface area (Å²) in [6, 6.07) is 7.72. The zero-order chi connectivity index (χ0) is 13.8. The van der Waals surface area contributed by atoms with Crippen LogP contribution in [0.15, 0.2) is 35.4 Å². The second-order valence-corrected chi connectivity index (χ2v) is 4.80. The van der Waals surface area contributed by atoms with Crippen molar-refractivity contribution in [2.75, 3.05) is 20.2 Å². The van der Waals surface area contributed by atoms with Crippen molar-refractivity contribution in [2.45, 2.75) is 19.9 Å². The van der Waals surface area contributed by atoms with Gasteiger partial charge in [0.25, 0.3) is 0 Å². The molecule has 0 spiro atoms. The van der Waals surface area contributed by atoms with Crippen molar-refractivity contribution < 1.29 is 9.53 Å². The monoisotopic (exact) mass is 260 g/mol. The normalized spacial score (nSPS) is 15.4. The molecule has 1 amide bonds. The van der Waals surface area contributed by atoms with E-state index in [9.17, 15) is 4.79 Å². The molecule has 0 radical (unpaired) electrons. The Bertz CT molecular complexity index is 503. The Labute approximate surface area is 113 Å².